The molecule has 12 N–H and O–H groups in total. The second-order valence-corrected chi connectivity index (χ2v) is 27.8. The van der Waals surface area contributed by atoms with Crippen LogP contribution in [0.2, 0.25) is 0 Å². The topological polar surface area (TPSA) is 307 Å². The van der Waals surface area contributed by atoms with Crippen LogP contribution in [0.4, 0.5) is 0 Å². The first-order valence-corrected chi connectivity index (χ1v) is 39.2. The molecule has 3 aliphatic rings. The van der Waals surface area contributed by atoms with E-state index in [1.807, 2.05) is 6.08 Å². The van der Waals surface area contributed by atoms with E-state index in [1.54, 1.807) is 6.08 Å². The van der Waals surface area contributed by atoms with Gasteiger partial charge in [-0.25, -0.2) is 0 Å². The van der Waals surface area contributed by atoms with Crippen molar-refractivity contribution in [3.8, 4) is 0 Å². The number of hydrogen-bond donors (Lipinski definition) is 12. The van der Waals surface area contributed by atoms with Crippen LogP contribution in [0.1, 0.15) is 290 Å². The van der Waals surface area contributed by atoms with Crippen molar-refractivity contribution in [2.24, 2.45) is 0 Å². The Labute approximate surface area is 591 Å². The zero-order chi connectivity index (χ0) is 71.1. The number of rotatable bonds is 61. The van der Waals surface area contributed by atoms with Crippen LogP contribution >= 0.6 is 0 Å². The van der Waals surface area contributed by atoms with Crippen LogP contribution in [-0.2, 0) is 33.2 Å². The van der Waals surface area contributed by atoms with Crippen molar-refractivity contribution in [2.75, 3.05) is 26.4 Å². The second-order valence-electron chi connectivity index (χ2n) is 27.8. The fourth-order valence-corrected chi connectivity index (χ4v) is 13.0. The van der Waals surface area contributed by atoms with E-state index in [0.29, 0.717) is 12.8 Å². The molecule has 1 amide bonds. The summed E-state index contributed by atoms with van der Waals surface area (Å²) in [5.74, 6) is -0.285. The van der Waals surface area contributed by atoms with Gasteiger partial charge in [0.15, 0.2) is 18.9 Å². The van der Waals surface area contributed by atoms with Crippen molar-refractivity contribution < 1.29 is 89.4 Å². The molecule has 19 nitrogen and oxygen atoms in total. The molecule has 19 heteroatoms. The predicted molar refractivity (Wildman–Crippen MR) is 388 cm³/mol. The standard InChI is InChI=1S/C79H141NO18/c1-3-5-7-9-11-13-15-17-19-21-23-25-27-29-31-33-35-37-39-41-43-45-47-49-51-53-55-57-67(85)80-62(63(84)56-54-52-50-48-46-44-42-40-38-36-34-32-30-28-26-24-22-20-18-16-14-12-10-8-6-4-2)61-93-77-73(91)70(88)75(65(59-82)95-77)98-79-74(92)71(89)76(66(60-83)96-79)97-78-72(90)69(87)68(86)64(58-81)94-78/h5,7,11,13,17,19,23,25,46,48,54,56,62-66,68-79,81-84,86-92H,3-4,6,8-10,12,14-16,18,20-22,24,26-45,47,49-53,55,57-61H2,1-2H3,(H,80,85)/b7-5-,13-11-,19-17-,25-23-,48-46+,56-54+. The number of hydrogen-bond acceptors (Lipinski definition) is 18. The van der Waals surface area contributed by atoms with Crippen LogP contribution in [0.15, 0.2) is 72.9 Å². The molecular formula is C79H141NO18. The van der Waals surface area contributed by atoms with Crippen LogP contribution in [-0.4, -0.2) is 193 Å². The fourth-order valence-electron chi connectivity index (χ4n) is 13.0. The molecule has 17 unspecified atom stereocenters. The Morgan fingerprint density at radius 3 is 1.14 bits per heavy atom. The molecular weight excluding hydrogens is 1250 g/mol. The third-order valence-electron chi connectivity index (χ3n) is 19.2. The molecule has 3 heterocycles. The van der Waals surface area contributed by atoms with Gasteiger partial charge in [0.25, 0.3) is 0 Å². The quantitative estimate of drug-likeness (QED) is 0.0199. The molecule has 0 bridgehead atoms. The zero-order valence-corrected chi connectivity index (χ0v) is 60.8. The van der Waals surface area contributed by atoms with Crippen molar-refractivity contribution in [1.29, 1.82) is 0 Å². The number of carbonyl (C=O) groups excluding carboxylic acids is 1. The van der Waals surface area contributed by atoms with Gasteiger partial charge in [0.05, 0.1) is 38.6 Å². The summed E-state index contributed by atoms with van der Waals surface area (Å²) >= 11 is 0. The highest BCUT2D eigenvalue weighted by Crippen LogP contribution is 2.33. The van der Waals surface area contributed by atoms with Crippen LogP contribution in [0.3, 0.4) is 0 Å². The molecule has 0 radical (unpaired) electrons. The van der Waals surface area contributed by atoms with Crippen molar-refractivity contribution in [1.82, 2.24) is 5.32 Å². The largest absolute Gasteiger partial charge is 0.394 e. The normalized spacial score (nSPS) is 27.1. The molecule has 0 aromatic carbocycles. The smallest absolute Gasteiger partial charge is 0.220 e. The second kappa shape index (κ2) is 59.6. The van der Waals surface area contributed by atoms with E-state index < -0.39 is 124 Å². The van der Waals surface area contributed by atoms with Gasteiger partial charge in [-0.15, -0.1) is 0 Å². The fraction of sp³-hybridized carbons (Fsp3) is 0.835. The molecule has 0 aliphatic carbocycles. The van der Waals surface area contributed by atoms with Crippen molar-refractivity contribution in [2.45, 2.75) is 394 Å². The van der Waals surface area contributed by atoms with Gasteiger partial charge in [-0.05, 0) is 70.6 Å². The summed E-state index contributed by atoms with van der Waals surface area (Å²) in [4.78, 5) is 13.5. The Hall–Kier alpha value is -2.77. The first kappa shape index (κ1) is 89.4. The van der Waals surface area contributed by atoms with Crippen molar-refractivity contribution >= 4 is 5.91 Å². The van der Waals surface area contributed by atoms with Crippen LogP contribution < -0.4 is 5.32 Å². The van der Waals surface area contributed by atoms with E-state index >= 15 is 0 Å². The minimum absolute atomic E-state index is 0.232. The minimum atomic E-state index is -1.98. The number of ether oxygens (including phenoxy) is 6. The highest BCUT2D eigenvalue weighted by Gasteiger charge is 2.53. The maximum absolute atomic E-state index is 13.5. The average molecular weight is 1390 g/mol. The number of aliphatic hydroxyl groups is 11. The number of nitrogens with one attached hydrogen (secondary N) is 1. The van der Waals surface area contributed by atoms with Gasteiger partial charge in [-0.3, -0.25) is 4.79 Å². The maximum atomic E-state index is 13.5. The van der Waals surface area contributed by atoms with Gasteiger partial charge in [0.2, 0.25) is 5.91 Å². The zero-order valence-electron chi connectivity index (χ0n) is 60.8. The summed E-state index contributed by atoms with van der Waals surface area (Å²) in [7, 11) is 0. The molecule has 3 aliphatic heterocycles. The number of unbranched alkanes of at least 4 members (excludes halogenated alkanes) is 35. The first-order valence-electron chi connectivity index (χ1n) is 39.2. The lowest BCUT2D eigenvalue weighted by Crippen LogP contribution is -2.66. The summed E-state index contributed by atoms with van der Waals surface area (Å²) in [6.07, 6.45) is 50.3. The van der Waals surface area contributed by atoms with Gasteiger partial charge >= 0.3 is 0 Å². The summed E-state index contributed by atoms with van der Waals surface area (Å²) in [5.41, 5.74) is 0. The Morgan fingerprint density at radius 1 is 0.378 bits per heavy atom. The molecule has 17 atom stereocenters. The summed E-state index contributed by atoms with van der Waals surface area (Å²) in [5, 5.41) is 121. The lowest BCUT2D eigenvalue weighted by molar-refractivity contribution is -0.379. The Bertz CT molecular complexity index is 2050. The van der Waals surface area contributed by atoms with E-state index in [0.717, 1.165) is 70.6 Å². The van der Waals surface area contributed by atoms with Crippen LogP contribution in [0.25, 0.3) is 0 Å². The van der Waals surface area contributed by atoms with Gasteiger partial charge in [0.1, 0.15) is 73.2 Å². The van der Waals surface area contributed by atoms with Gasteiger partial charge in [-0.2, -0.15) is 0 Å². The Morgan fingerprint density at radius 2 is 0.714 bits per heavy atom. The SMILES string of the molecule is CC/C=C\C/C=C\C/C=C\C/C=C\CCCCCCCCCCCCCCCCC(=O)NC(COC1OC(CO)C(OC2OC(CO)C(OC3OC(CO)C(O)C(O)C3O)C(O)C2O)C(O)C1O)C(O)/C=C/CC/C=C/CCCCCCCCCCCCCCCCCCCCCC. The molecule has 3 saturated heterocycles. The Kier molecular flexibility index (Phi) is 54.4. The summed E-state index contributed by atoms with van der Waals surface area (Å²) < 4.78 is 34.4. The molecule has 0 aromatic rings. The van der Waals surface area contributed by atoms with E-state index in [9.17, 15) is 61.0 Å². The summed E-state index contributed by atoms with van der Waals surface area (Å²) in [6, 6.07) is -0.995. The van der Waals surface area contributed by atoms with Gasteiger partial charge in [-0.1, -0.05) is 286 Å². The van der Waals surface area contributed by atoms with Gasteiger partial charge < -0.3 is 89.9 Å². The average Bonchev–Trinajstić information content (AvgIpc) is 0.785. The lowest BCUT2D eigenvalue weighted by Gasteiger charge is -2.48. The molecule has 0 saturated carbocycles. The number of aliphatic hydroxyl groups excluding tert-OH is 11. The van der Waals surface area contributed by atoms with E-state index in [1.165, 1.54) is 186 Å². The highest BCUT2D eigenvalue weighted by atomic mass is 16.8. The molecule has 3 rings (SSSR count). The third-order valence-corrected chi connectivity index (χ3v) is 19.2. The molecule has 570 valence electrons. The Balaban J connectivity index is 1.40. The minimum Gasteiger partial charge on any atom is -0.394 e. The first-order chi connectivity index (χ1) is 47.8. The monoisotopic (exact) mass is 1390 g/mol. The number of allylic oxidation sites excluding steroid dienone is 11. The third kappa shape index (κ3) is 39.8. The van der Waals surface area contributed by atoms with Gasteiger partial charge in [0, 0.05) is 6.42 Å². The number of carbonyl (C=O) groups is 1. The van der Waals surface area contributed by atoms with Crippen LogP contribution in [0, 0.1) is 0 Å². The molecule has 0 aromatic heterocycles. The van der Waals surface area contributed by atoms with Crippen LogP contribution in [0.5, 0.6) is 0 Å². The van der Waals surface area contributed by atoms with E-state index in [2.05, 4.69) is 79.9 Å². The molecule has 3 fully saturated rings. The highest BCUT2D eigenvalue weighted by molar-refractivity contribution is 5.76. The maximum Gasteiger partial charge on any atom is 0.220 e. The predicted octanol–water partition coefficient (Wildman–Crippen LogP) is 12.4. The molecule has 0 spiro atoms. The van der Waals surface area contributed by atoms with Crippen molar-refractivity contribution in [3.63, 3.8) is 0 Å². The molecule has 98 heavy (non-hydrogen) atoms. The van der Waals surface area contributed by atoms with E-state index in [-0.39, 0.29) is 18.9 Å². The van der Waals surface area contributed by atoms with E-state index in [4.69, 9.17) is 28.4 Å². The number of amides is 1. The lowest BCUT2D eigenvalue weighted by atomic mass is 9.96. The summed E-state index contributed by atoms with van der Waals surface area (Å²) in [6.45, 7) is 1.63. The van der Waals surface area contributed by atoms with Crippen molar-refractivity contribution in [3.05, 3.63) is 72.9 Å².